The van der Waals surface area contributed by atoms with Gasteiger partial charge in [0, 0.05) is 17.6 Å². The molecule has 28 heavy (non-hydrogen) atoms. The molecular weight excluding hydrogens is 376 g/mol. The van der Waals surface area contributed by atoms with E-state index in [0.717, 1.165) is 18.5 Å². The van der Waals surface area contributed by atoms with E-state index in [1.54, 1.807) is 16.7 Å². The summed E-state index contributed by atoms with van der Waals surface area (Å²) in [5.41, 5.74) is 0.812. The highest BCUT2D eigenvalue weighted by Crippen LogP contribution is 2.34. The molecule has 0 radical (unpaired) electrons. The van der Waals surface area contributed by atoms with Crippen molar-refractivity contribution in [2.45, 2.75) is 6.18 Å². The summed E-state index contributed by atoms with van der Waals surface area (Å²) in [5, 5.41) is 0.270. The Morgan fingerprint density at radius 3 is 2.36 bits per heavy atom. The molecule has 0 fully saturated rings. The van der Waals surface area contributed by atoms with E-state index in [9.17, 15) is 17.6 Å². The molecule has 0 N–H and O–H groups in total. The van der Waals surface area contributed by atoms with E-state index < -0.39 is 17.6 Å². The van der Waals surface area contributed by atoms with Crippen molar-refractivity contribution in [3.05, 3.63) is 66.4 Å². The normalized spacial score (nSPS) is 11.8. The molecule has 4 heterocycles. The smallest absolute Gasteiger partial charge is 0.417 e. The molecule has 4 rings (SSSR count). The van der Waals surface area contributed by atoms with Crippen molar-refractivity contribution < 1.29 is 22.3 Å². The molecule has 0 aliphatic heterocycles. The summed E-state index contributed by atoms with van der Waals surface area (Å²) in [6.07, 6.45) is -1.19. The van der Waals surface area contributed by atoms with Gasteiger partial charge in [-0.1, -0.05) is 0 Å². The second-order valence-electron chi connectivity index (χ2n) is 5.92. The molecule has 4 aromatic heterocycles. The molecule has 0 bridgehead atoms. The van der Waals surface area contributed by atoms with Crippen molar-refractivity contribution in [2.24, 2.45) is 0 Å². The lowest BCUT2D eigenvalue weighted by atomic mass is 10.2. The van der Waals surface area contributed by atoms with Gasteiger partial charge >= 0.3 is 6.18 Å². The first-order chi connectivity index (χ1) is 13.4. The van der Waals surface area contributed by atoms with Crippen LogP contribution in [-0.2, 0) is 6.18 Å². The Labute approximate surface area is 156 Å². The van der Waals surface area contributed by atoms with Crippen molar-refractivity contribution in [3.63, 3.8) is 0 Å². The van der Waals surface area contributed by atoms with Gasteiger partial charge in [-0.05, 0) is 30.3 Å². The zero-order valence-electron chi connectivity index (χ0n) is 14.4. The minimum atomic E-state index is -4.51. The van der Waals surface area contributed by atoms with Crippen molar-refractivity contribution >= 4 is 11.0 Å². The first kappa shape index (κ1) is 17.9. The van der Waals surface area contributed by atoms with Crippen LogP contribution in [0.2, 0.25) is 0 Å². The van der Waals surface area contributed by atoms with Crippen LogP contribution >= 0.6 is 0 Å². The third kappa shape index (κ3) is 3.15. The van der Waals surface area contributed by atoms with Gasteiger partial charge in [0.1, 0.15) is 11.5 Å². The molecule has 0 atom stereocenters. The minimum Gasteiger partial charge on any atom is -0.481 e. The van der Waals surface area contributed by atoms with Crippen LogP contribution < -0.4 is 4.74 Å². The summed E-state index contributed by atoms with van der Waals surface area (Å²) in [7, 11) is 1.47. The summed E-state index contributed by atoms with van der Waals surface area (Å²) >= 11 is 0. The van der Waals surface area contributed by atoms with Gasteiger partial charge in [0.25, 0.3) is 0 Å². The number of methoxy groups -OCH3 is 1. The van der Waals surface area contributed by atoms with E-state index in [2.05, 4.69) is 15.0 Å². The van der Waals surface area contributed by atoms with Gasteiger partial charge in [-0.2, -0.15) is 13.2 Å². The molecule has 142 valence electrons. The topological polar surface area (TPSA) is 52.8 Å². The predicted octanol–water partition coefficient (Wildman–Crippen LogP) is 4.65. The maximum absolute atomic E-state index is 13.3. The number of nitrogens with zero attached hydrogens (tertiary/aromatic N) is 4. The molecule has 9 heteroatoms. The van der Waals surface area contributed by atoms with Gasteiger partial charge in [0.2, 0.25) is 5.88 Å². The number of halogens is 4. The van der Waals surface area contributed by atoms with Gasteiger partial charge in [-0.3, -0.25) is 9.55 Å². The average Bonchev–Trinajstić information content (AvgIpc) is 3.06. The van der Waals surface area contributed by atoms with Crippen LogP contribution in [0, 0.1) is 5.82 Å². The van der Waals surface area contributed by atoms with Crippen LogP contribution in [0.25, 0.3) is 28.1 Å². The summed E-state index contributed by atoms with van der Waals surface area (Å²) in [4.78, 5) is 12.2. The van der Waals surface area contributed by atoms with Crippen LogP contribution in [-0.4, -0.2) is 26.6 Å². The summed E-state index contributed by atoms with van der Waals surface area (Å²) in [5.74, 6) is -0.135. The Kier molecular flexibility index (Phi) is 4.21. The molecule has 0 saturated carbocycles. The standard InChI is InChI=1S/C19H12F4N4O/c1-28-17-5-3-14(10-25-17)27-16(15-4-2-13(20)9-24-15)7-11-6-12(19(21,22)23)8-26-18(11)27/h2-10H,1H3. The van der Waals surface area contributed by atoms with Crippen molar-refractivity contribution in [2.75, 3.05) is 7.11 Å². The maximum atomic E-state index is 13.3. The maximum Gasteiger partial charge on any atom is 0.417 e. The number of aromatic nitrogens is 4. The lowest BCUT2D eigenvalue weighted by Crippen LogP contribution is -2.06. The molecule has 0 aliphatic rings. The molecular formula is C19H12F4N4O. The molecule has 0 aliphatic carbocycles. The van der Waals surface area contributed by atoms with Crippen LogP contribution in [0.3, 0.4) is 0 Å². The van der Waals surface area contributed by atoms with Crippen LogP contribution in [0.5, 0.6) is 5.88 Å². The number of fused-ring (bicyclic) bond motifs is 1. The van der Waals surface area contributed by atoms with Crippen molar-refractivity contribution in [1.29, 1.82) is 0 Å². The molecule has 0 spiro atoms. The quantitative estimate of drug-likeness (QED) is 0.480. The van der Waals surface area contributed by atoms with Gasteiger partial charge < -0.3 is 4.74 Å². The Balaban J connectivity index is 1.98. The SMILES string of the molecule is COc1ccc(-n2c(-c3ccc(F)cn3)cc3cc(C(F)(F)F)cnc32)cn1. The Bertz CT molecular complexity index is 1140. The molecule has 4 aromatic rings. The van der Waals surface area contributed by atoms with Crippen molar-refractivity contribution in [1.82, 2.24) is 19.5 Å². The third-order valence-electron chi connectivity index (χ3n) is 4.15. The second-order valence-corrected chi connectivity index (χ2v) is 5.92. The molecule has 5 nitrogen and oxygen atoms in total. The van der Waals surface area contributed by atoms with Crippen LogP contribution in [0.1, 0.15) is 5.56 Å². The van der Waals surface area contributed by atoms with Crippen LogP contribution in [0.15, 0.2) is 55.0 Å². The summed E-state index contributed by atoms with van der Waals surface area (Å²) in [6, 6.07) is 8.53. The number of alkyl halides is 3. The Morgan fingerprint density at radius 1 is 0.929 bits per heavy atom. The monoisotopic (exact) mass is 388 g/mol. The highest BCUT2D eigenvalue weighted by Gasteiger charge is 2.31. The zero-order chi connectivity index (χ0) is 19.9. The zero-order valence-corrected chi connectivity index (χ0v) is 14.4. The molecule has 0 amide bonds. The van der Waals surface area contributed by atoms with Crippen molar-refractivity contribution in [3.8, 4) is 23.0 Å². The van der Waals surface area contributed by atoms with Gasteiger partial charge in [-0.15, -0.1) is 0 Å². The fourth-order valence-corrected chi connectivity index (χ4v) is 2.85. The fourth-order valence-electron chi connectivity index (χ4n) is 2.85. The van der Waals surface area contributed by atoms with E-state index in [1.165, 1.54) is 31.5 Å². The molecule has 0 saturated heterocycles. The average molecular weight is 388 g/mol. The minimum absolute atomic E-state index is 0.270. The van der Waals surface area contributed by atoms with E-state index in [0.29, 0.717) is 28.6 Å². The third-order valence-corrected chi connectivity index (χ3v) is 4.15. The molecule has 0 unspecified atom stereocenters. The number of ether oxygens (including phenoxy) is 1. The largest absolute Gasteiger partial charge is 0.481 e. The first-order valence-corrected chi connectivity index (χ1v) is 8.08. The van der Waals surface area contributed by atoms with E-state index in [4.69, 9.17) is 4.74 Å². The predicted molar refractivity (Wildman–Crippen MR) is 93.6 cm³/mol. The Hall–Kier alpha value is -3.49. The van der Waals surface area contributed by atoms with Crippen LogP contribution in [0.4, 0.5) is 17.6 Å². The van der Waals surface area contributed by atoms with E-state index in [1.807, 2.05) is 0 Å². The molecule has 0 aromatic carbocycles. The number of hydrogen-bond acceptors (Lipinski definition) is 4. The highest BCUT2D eigenvalue weighted by atomic mass is 19.4. The van der Waals surface area contributed by atoms with E-state index in [-0.39, 0.29) is 5.39 Å². The highest BCUT2D eigenvalue weighted by molar-refractivity contribution is 5.86. The summed E-state index contributed by atoms with van der Waals surface area (Å²) < 4.78 is 59.1. The van der Waals surface area contributed by atoms with Gasteiger partial charge in [-0.25, -0.2) is 14.4 Å². The lowest BCUT2D eigenvalue weighted by Gasteiger charge is -2.11. The number of hydrogen-bond donors (Lipinski definition) is 0. The Morgan fingerprint density at radius 2 is 1.75 bits per heavy atom. The lowest BCUT2D eigenvalue weighted by molar-refractivity contribution is -0.137. The van der Waals surface area contributed by atoms with E-state index >= 15 is 0 Å². The number of rotatable bonds is 3. The number of pyridine rings is 3. The fraction of sp³-hybridized carbons (Fsp3) is 0.105. The van der Waals surface area contributed by atoms with Gasteiger partial charge in [0.05, 0.1) is 42.1 Å². The second kappa shape index (κ2) is 6.59. The van der Waals surface area contributed by atoms with Gasteiger partial charge in [0.15, 0.2) is 0 Å². The first-order valence-electron chi connectivity index (χ1n) is 8.08. The summed E-state index contributed by atoms with van der Waals surface area (Å²) in [6.45, 7) is 0.